The standard InChI is InChI=1S/C16H20N2O2S/c1-12-4-6-13(7-5-12)8-9-15(19)18-16(21)17-11-14-3-2-10-20-14/h4-9,14H,2-3,10-11H2,1H3,(H2,17,18,19,21)/b9-8+. The lowest BCUT2D eigenvalue weighted by molar-refractivity contribution is -0.115. The zero-order valence-electron chi connectivity index (χ0n) is 12.1. The molecule has 1 aliphatic heterocycles. The predicted octanol–water partition coefficient (Wildman–Crippen LogP) is 2.18. The molecule has 0 bridgehead atoms. The molecule has 2 rings (SSSR count). The Kier molecular flexibility index (Phi) is 5.90. The van der Waals surface area contributed by atoms with Crippen molar-refractivity contribution in [3.8, 4) is 0 Å². The highest BCUT2D eigenvalue weighted by molar-refractivity contribution is 7.80. The first-order valence-electron chi connectivity index (χ1n) is 7.08. The molecule has 0 saturated carbocycles. The van der Waals surface area contributed by atoms with Gasteiger partial charge in [0.2, 0.25) is 5.91 Å². The zero-order valence-corrected chi connectivity index (χ0v) is 12.9. The smallest absolute Gasteiger partial charge is 0.250 e. The second-order valence-corrected chi connectivity index (χ2v) is 5.49. The highest BCUT2D eigenvalue weighted by Gasteiger charge is 2.15. The van der Waals surface area contributed by atoms with E-state index in [0.29, 0.717) is 11.7 Å². The summed E-state index contributed by atoms with van der Waals surface area (Å²) in [6.45, 7) is 3.48. The normalized spacial score (nSPS) is 17.9. The monoisotopic (exact) mass is 304 g/mol. The van der Waals surface area contributed by atoms with E-state index in [4.69, 9.17) is 17.0 Å². The highest BCUT2D eigenvalue weighted by atomic mass is 32.1. The fraction of sp³-hybridized carbons (Fsp3) is 0.375. The van der Waals surface area contributed by atoms with Crippen LogP contribution in [0.15, 0.2) is 30.3 Å². The second kappa shape index (κ2) is 7.90. The molecule has 1 aliphatic rings. The van der Waals surface area contributed by atoms with Crippen LogP contribution in [-0.2, 0) is 9.53 Å². The number of carbonyl (C=O) groups excluding carboxylic acids is 1. The van der Waals surface area contributed by atoms with Crippen LogP contribution in [0.1, 0.15) is 24.0 Å². The molecule has 1 unspecified atom stereocenters. The van der Waals surface area contributed by atoms with Gasteiger partial charge < -0.3 is 10.1 Å². The SMILES string of the molecule is Cc1ccc(/C=C/C(=O)NC(=S)NCC2CCCO2)cc1. The molecule has 1 aromatic rings. The third-order valence-corrected chi connectivity index (χ3v) is 3.50. The largest absolute Gasteiger partial charge is 0.376 e. The van der Waals surface area contributed by atoms with Crippen LogP contribution in [0.5, 0.6) is 0 Å². The molecular weight excluding hydrogens is 284 g/mol. The minimum absolute atomic E-state index is 0.197. The molecule has 5 heteroatoms. The summed E-state index contributed by atoms with van der Waals surface area (Å²) in [4.78, 5) is 11.7. The maximum Gasteiger partial charge on any atom is 0.250 e. The van der Waals surface area contributed by atoms with Crippen molar-refractivity contribution in [3.63, 3.8) is 0 Å². The Morgan fingerprint density at radius 1 is 1.43 bits per heavy atom. The van der Waals surface area contributed by atoms with Crippen molar-refractivity contribution < 1.29 is 9.53 Å². The van der Waals surface area contributed by atoms with Gasteiger partial charge in [0.05, 0.1) is 6.10 Å². The van der Waals surface area contributed by atoms with Crippen LogP contribution < -0.4 is 10.6 Å². The number of thiocarbonyl (C=S) groups is 1. The van der Waals surface area contributed by atoms with Gasteiger partial charge in [0.25, 0.3) is 0 Å². The number of carbonyl (C=O) groups is 1. The van der Waals surface area contributed by atoms with E-state index in [1.165, 1.54) is 11.6 Å². The van der Waals surface area contributed by atoms with Crippen molar-refractivity contribution in [1.82, 2.24) is 10.6 Å². The van der Waals surface area contributed by atoms with E-state index < -0.39 is 0 Å². The fourth-order valence-corrected chi connectivity index (χ4v) is 2.24. The maximum atomic E-state index is 11.7. The molecule has 0 radical (unpaired) electrons. The Balaban J connectivity index is 1.72. The van der Waals surface area contributed by atoms with Gasteiger partial charge >= 0.3 is 0 Å². The van der Waals surface area contributed by atoms with E-state index >= 15 is 0 Å². The average molecular weight is 304 g/mol. The third-order valence-electron chi connectivity index (χ3n) is 3.26. The molecule has 112 valence electrons. The molecule has 1 amide bonds. The Labute approximate surface area is 130 Å². The van der Waals surface area contributed by atoms with Gasteiger partial charge in [-0.15, -0.1) is 0 Å². The first-order valence-corrected chi connectivity index (χ1v) is 7.49. The third kappa shape index (κ3) is 5.65. The van der Waals surface area contributed by atoms with Gasteiger partial charge in [-0.1, -0.05) is 29.8 Å². The molecule has 1 saturated heterocycles. The van der Waals surface area contributed by atoms with Crippen LogP contribution in [0, 0.1) is 6.92 Å². The minimum atomic E-state index is -0.236. The van der Waals surface area contributed by atoms with Gasteiger partial charge in [-0.2, -0.15) is 0 Å². The summed E-state index contributed by atoms with van der Waals surface area (Å²) in [5, 5.41) is 5.96. The average Bonchev–Trinajstić information content (AvgIpc) is 2.98. The van der Waals surface area contributed by atoms with E-state index in [1.54, 1.807) is 6.08 Å². The molecule has 21 heavy (non-hydrogen) atoms. The number of nitrogens with one attached hydrogen (secondary N) is 2. The number of hydrogen-bond acceptors (Lipinski definition) is 3. The second-order valence-electron chi connectivity index (χ2n) is 5.08. The molecular formula is C16H20N2O2S. The van der Waals surface area contributed by atoms with Crippen LogP contribution in [0.3, 0.4) is 0 Å². The Hall–Kier alpha value is -1.72. The summed E-state index contributed by atoms with van der Waals surface area (Å²) < 4.78 is 5.47. The van der Waals surface area contributed by atoms with Gasteiger partial charge in [0.1, 0.15) is 0 Å². The lowest BCUT2D eigenvalue weighted by Gasteiger charge is -2.12. The molecule has 4 nitrogen and oxygen atoms in total. The number of rotatable bonds is 4. The lowest BCUT2D eigenvalue weighted by atomic mass is 10.1. The Bertz CT molecular complexity index is 520. The lowest BCUT2D eigenvalue weighted by Crippen LogP contribution is -2.41. The van der Waals surface area contributed by atoms with Crippen LogP contribution in [0.25, 0.3) is 6.08 Å². The number of benzene rings is 1. The molecule has 1 heterocycles. The van der Waals surface area contributed by atoms with Crippen molar-refractivity contribution in [2.45, 2.75) is 25.9 Å². The summed E-state index contributed by atoms with van der Waals surface area (Å²) in [7, 11) is 0. The highest BCUT2D eigenvalue weighted by Crippen LogP contribution is 2.10. The van der Waals surface area contributed by atoms with Crippen molar-refractivity contribution in [1.29, 1.82) is 0 Å². The summed E-state index contributed by atoms with van der Waals surface area (Å²) in [5.74, 6) is -0.236. The van der Waals surface area contributed by atoms with Crippen molar-refractivity contribution in [3.05, 3.63) is 41.5 Å². The van der Waals surface area contributed by atoms with Crippen LogP contribution in [0.2, 0.25) is 0 Å². The predicted molar refractivity (Wildman–Crippen MR) is 87.9 cm³/mol. The topological polar surface area (TPSA) is 50.4 Å². The van der Waals surface area contributed by atoms with Crippen molar-refractivity contribution in [2.75, 3.05) is 13.2 Å². The fourth-order valence-electron chi connectivity index (χ4n) is 2.06. The Morgan fingerprint density at radius 2 is 2.19 bits per heavy atom. The summed E-state index contributed by atoms with van der Waals surface area (Å²) >= 11 is 5.08. The van der Waals surface area contributed by atoms with E-state index in [1.807, 2.05) is 31.2 Å². The number of hydrogen-bond donors (Lipinski definition) is 2. The molecule has 0 spiro atoms. The van der Waals surface area contributed by atoms with E-state index in [2.05, 4.69) is 10.6 Å². The molecule has 1 atom stereocenters. The van der Waals surface area contributed by atoms with E-state index in [-0.39, 0.29) is 12.0 Å². The van der Waals surface area contributed by atoms with Gasteiger partial charge in [-0.25, -0.2) is 0 Å². The van der Waals surface area contributed by atoms with Crippen LogP contribution >= 0.6 is 12.2 Å². The van der Waals surface area contributed by atoms with Gasteiger partial charge in [0, 0.05) is 19.2 Å². The van der Waals surface area contributed by atoms with Gasteiger partial charge in [-0.05, 0) is 43.6 Å². The summed E-state index contributed by atoms with van der Waals surface area (Å²) in [5.41, 5.74) is 2.17. The van der Waals surface area contributed by atoms with Crippen molar-refractivity contribution >= 4 is 29.3 Å². The number of aryl methyl sites for hydroxylation is 1. The zero-order chi connectivity index (χ0) is 15.1. The Morgan fingerprint density at radius 3 is 2.86 bits per heavy atom. The first-order chi connectivity index (χ1) is 10.1. The maximum absolute atomic E-state index is 11.7. The van der Waals surface area contributed by atoms with Gasteiger partial charge in [-0.3, -0.25) is 10.1 Å². The summed E-state index contributed by atoms with van der Waals surface area (Å²) in [6.07, 6.45) is 5.56. The quantitative estimate of drug-likeness (QED) is 0.661. The molecule has 0 aliphatic carbocycles. The molecule has 0 aromatic heterocycles. The van der Waals surface area contributed by atoms with Crippen LogP contribution in [0.4, 0.5) is 0 Å². The first kappa shape index (κ1) is 15.7. The minimum Gasteiger partial charge on any atom is -0.376 e. The summed E-state index contributed by atoms with van der Waals surface area (Å²) in [6, 6.07) is 7.94. The van der Waals surface area contributed by atoms with Crippen LogP contribution in [-0.4, -0.2) is 30.3 Å². The number of ether oxygens (including phenoxy) is 1. The van der Waals surface area contributed by atoms with E-state index in [9.17, 15) is 4.79 Å². The molecule has 1 fully saturated rings. The van der Waals surface area contributed by atoms with Crippen molar-refractivity contribution in [2.24, 2.45) is 0 Å². The van der Waals surface area contributed by atoms with Gasteiger partial charge in [0.15, 0.2) is 5.11 Å². The molecule has 1 aromatic carbocycles. The van der Waals surface area contributed by atoms with E-state index in [0.717, 1.165) is 25.0 Å². The number of amides is 1. The molecule has 2 N–H and O–H groups in total.